The van der Waals surface area contributed by atoms with Crippen LogP contribution in [0.15, 0.2) is 6.33 Å². The largest absolute Gasteiger partial charge is 0.338 e. The number of carbonyl (C=O) groups is 1. The minimum absolute atomic E-state index is 0.119. The molecular formula is C12H21N5O. The molecule has 1 aromatic heterocycles. The van der Waals surface area contributed by atoms with Gasteiger partial charge < -0.3 is 4.90 Å². The van der Waals surface area contributed by atoms with Crippen LogP contribution in [0, 0.1) is 5.41 Å². The molecular weight excluding hydrogens is 230 g/mol. The van der Waals surface area contributed by atoms with Crippen molar-refractivity contribution in [3.05, 3.63) is 6.33 Å². The topological polar surface area (TPSA) is 63.9 Å². The molecule has 0 spiro atoms. The Kier molecular flexibility index (Phi) is 3.63. The van der Waals surface area contributed by atoms with Crippen molar-refractivity contribution in [1.29, 1.82) is 0 Å². The van der Waals surface area contributed by atoms with Crippen molar-refractivity contribution in [1.82, 2.24) is 25.1 Å². The minimum atomic E-state index is 0.119. The zero-order valence-corrected chi connectivity index (χ0v) is 11.3. The van der Waals surface area contributed by atoms with Gasteiger partial charge in [-0.15, -0.1) is 5.10 Å². The molecule has 1 atom stereocenters. The molecule has 1 saturated heterocycles. The second kappa shape index (κ2) is 5.04. The highest BCUT2D eigenvalue weighted by Crippen LogP contribution is 2.29. The lowest BCUT2D eigenvalue weighted by Crippen LogP contribution is -2.39. The zero-order chi connectivity index (χ0) is 13.2. The average Bonchev–Trinajstić information content (AvgIpc) is 2.86. The van der Waals surface area contributed by atoms with Gasteiger partial charge in [0.05, 0.1) is 0 Å². The molecule has 6 heteroatoms. The van der Waals surface area contributed by atoms with Crippen LogP contribution in [0.25, 0.3) is 0 Å². The van der Waals surface area contributed by atoms with Crippen LogP contribution in [0.1, 0.15) is 40.0 Å². The van der Waals surface area contributed by atoms with Crippen molar-refractivity contribution in [2.24, 2.45) is 5.41 Å². The van der Waals surface area contributed by atoms with Gasteiger partial charge in [-0.05, 0) is 35.1 Å². The van der Waals surface area contributed by atoms with E-state index in [9.17, 15) is 4.79 Å². The van der Waals surface area contributed by atoms with Crippen molar-refractivity contribution in [2.45, 2.75) is 52.6 Å². The van der Waals surface area contributed by atoms with Gasteiger partial charge in [0.15, 0.2) is 0 Å². The lowest BCUT2D eigenvalue weighted by molar-refractivity contribution is -0.133. The normalized spacial score (nSPS) is 20.4. The quantitative estimate of drug-likeness (QED) is 0.807. The summed E-state index contributed by atoms with van der Waals surface area (Å²) in [6.07, 6.45) is 4.74. The van der Waals surface area contributed by atoms with Crippen LogP contribution in [0.2, 0.25) is 0 Å². The number of nitrogens with zero attached hydrogens (tertiary/aromatic N) is 5. The Morgan fingerprint density at radius 2 is 2.22 bits per heavy atom. The standard InChI is InChI=1S/C12H21N5O/c1-12(2,3)7-10-5-4-6-17(10)11(18)8-16-9-13-14-15-16/h9-10H,4-8H2,1-3H3. The molecule has 0 saturated carbocycles. The van der Waals surface area contributed by atoms with Crippen LogP contribution in [0.5, 0.6) is 0 Å². The van der Waals surface area contributed by atoms with Crippen LogP contribution in [0.4, 0.5) is 0 Å². The molecule has 1 aliphatic rings. The van der Waals surface area contributed by atoms with Gasteiger partial charge in [0.1, 0.15) is 12.9 Å². The van der Waals surface area contributed by atoms with Crippen molar-refractivity contribution in [3.63, 3.8) is 0 Å². The molecule has 100 valence electrons. The monoisotopic (exact) mass is 251 g/mol. The third-order valence-electron chi connectivity index (χ3n) is 3.23. The molecule has 0 aromatic carbocycles. The molecule has 2 rings (SSSR count). The molecule has 1 fully saturated rings. The second-order valence-corrected chi connectivity index (χ2v) is 6.16. The fraction of sp³-hybridized carbons (Fsp3) is 0.833. The zero-order valence-electron chi connectivity index (χ0n) is 11.3. The first-order chi connectivity index (χ1) is 8.46. The second-order valence-electron chi connectivity index (χ2n) is 6.16. The van der Waals surface area contributed by atoms with Gasteiger partial charge in [-0.25, -0.2) is 4.68 Å². The van der Waals surface area contributed by atoms with E-state index in [1.54, 1.807) is 0 Å². The predicted octanol–water partition coefficient (Wildman–Crippen LogP) is 1.10. The van der Waals surface area contributed by atoms with Gasteiger partial charge in [-0.2, -0.15) is 0 Å². The number of tetrazole rings is 1. The number of aromatic nitrogens is 4. The third kappa shape index (κ3) is 3.27. The lowest BCUT2D eigenvalue weighted by Gasteiger charge is -2.30. The van der Waals surface area contributed by atoms with E-state index in [0.717, 1.165) is 25.8 Å². The summed E-state index contributed by atoms with van der Waals surface area (Å²) < 4.78 is 1.48. The van der Waals surface area contributed by atoms with Crippen molar-refractivity contribution < 1.29 is 4.79 Å². The van der Waals surface area contributed by atoms with Gasteiger partial charge in [-0.3, -0.25) is 4.79 Å². The van der Waals surface area contributed by atoms with Gasteiger partial charge in [0.2, 0.25) is 5.91 Å². The van der Waals surface area contributed by atoms with E-state index in [4.69, 9.17) is 0 Å². The van der Waals surface area contributed by atoms with Crippen molar-refractivity contribution in [2.75, 3.05) is 6.54 Å². The van der Waals surface area contributed by atoms with Crippen molar-refractivity contribution >= 4 is 5.91 Å². The average molecular weight is 251 g/mol. The molecule has 1 amide bonds. The maximum atomic E-state index is 12.2. The van der Waals surface area contributed by atoms with Crippen LogP contribution in [-0.2, 0) is 11.3 Å². The number of hydrogen-bond acceptors (Lipinski definition) is 4. The van der Waals surface area contributed by atoms with E-state index in [0.29, 0.717) is 6.04 Å². The molecule has 2 heterocycles. The summed E-state index contributed by atoms with van der Waals surface area (Å²) in [6, 6.07) is 0.369. The summed E-state index contributed by atoms with van der Waals surface area (Å²) in [7, 11) is 0. The molecule has 0 radical (unpaired) electrons. The molecule has 6 nitrogen and oxygen atoms in total. The van der Waals surface area contributed by atoms with Gasteiger partial charge in [0, 0.05) is 12.6 Å². The summed E-state index contributed by atoms with van der Waals surface area (Å²) in [5.74, 6) is 0.119. The third-order valence-corrected chi connectivity index (χ3v) is 3.23. The molecule has 0 N–H and O–H groups in total. The Morgan fingerprint density at radius 3 is 2.83 bits per heavy atom. The highest BCUT2D eigenvalue weighted by molar-refractivity contribution is 5.76. The van der Waals surface area contributed by atoms with E-state index in [1.165, 1.54) is 11.0 Å². The molecule has 1 aliphatic heterocycles. The summed E-state index contributed by atoms with van der Waals surface area (Å²) in [5.41, 5.74) is 0.252. The molecule has 1 unspecified atom stereocenters. The molecule has 1 aromatic rings. The summed E-state index contributed by atoms with van der Waals surface area (Å²) in [6.45, 7) is 7.76. The van der Waals surface area contributed by atoms with E-state index in [-0.39, 0.29) is 17.9 Å². The Morgan fingerprint density at radius 1 is 1.44 bits per heavy atom. The van der Waals surface area contributed by atoms with Gasteiger partial charge in [-0.1, -0.05) is 20.8 Å². The number of amides is 1. The fourth-order valence-electron chi connectivity index (χ4n) is 2.57. The Bertz CT molecular complexity index is 395. The van der Waals surface area contributed by atoms with E-state index in [2.05, 4.69) is 36.3 Å². The van der Waals surface area contributed by atoms with E-state index >= 15 is 0 Å². The summed E-state index contributed by atoms with van der Waals surface area (Å²) >= 11 is 0. The predicted molar refractivity (Wildman–Crippen MR) is 66.6 cm³/mol. The number of rotatable bonds is 3. The van der Waals surface area contributed by atoms with E-state index < -0.39 is 0 Å². The number of likely N-dealkylation sites (tertiary alicyclic amines) is 1. The van der Waals surface area contributed by atoms with E-state index in [1.807, 2.05) is 4.90 Å². The Balaban J connectivity index is 1.96. The Labute approximate surface area is 107 Å². The lowest BCUT2D eigenvalue weighted by atomic mass is 9.87. The fourth-order valence-corrected chi connectivity index (χ4v) is 2.57. The van der Waals surface area contributed by atoms with Gasteiger partial charge >= 0.3 is 0 Å². The molecule has 0 aliphatic carbocycles. The number of carbonyl (C=O) groups excluding carboxylic acids is 1. The summed E-state index contributed by atoms with van der Waals surface area (Å²) in [4.78, 5) is 14.2. The molecule has 18 heavy (non-hydrogen) atoms. The smallest absolute Gasteiger partial charge is 0.244 e. The van der Waals surface area contributed by atoms with Crippen LogP contribution < -0.4 is 0 Å². The highest BCUT2D eigenvalue weighted by atomic mass is 16.2. The maximum absolute atomic E-state index is 12.2. The molecule has 0 bridgehead atoms. The SMILES string of the molecule is CC(C)(C)CC1CCCN1C(=O)Cn1cnnn1. The first-order valence-electron chi connectivity index (χ1n) is 6.46. The van der Waals surface area contributed by atoms with Gasteiger partial charge in [0.25, 0.3) is 0 Å². The minimum Gasteiger partial charge on any atom is -0.338 e. The van der Waals surface area contributed by atoms with Crippen molar-refractivity contribution in [3.8, 4) is 0 Å². The van der Waals surface area contributed by atoms with Crippen LogP contribution in [0.3, 0.4) is 0 Å². The highest BCUT2D eigenvalue weighted by Gasteiger charge is 2.31. The van der Waals surface area contributed by atoms with Crippen LogP contribution >= 0.6 is 0 Å². The first kappa shape index (κ1) is 13.0. The number of hydrogen-bond donors (Lipinski definition) is 0. The van der Waals surface area contributed by atoms with Crippen LogP contribution in [-0.4, -0.2) is 43.6 Å². The summed E-state index contributed by atoms with van der Waals surface area (Å²) in [5, 5.41) is 10.8. The maximum Gasteiger partial charge on any atom is 0.244 e. The Hall–Kier alpha value is -1.46. The first-order valence-corrected chi connectivity index (χ1v) is 6.46.